The molecule has 0 radical (unpaired) electrons. The molecule has 2 rings (SSSR count). The van der Waals surface area contributed by atoms with Gasteiger partial charge in [-0.25, -0.2) is 17.2 Å². The molecule has 0 spiro atoms. The van der Waals surface area contributed by atoms with Gasteiger partial charge in [0.05, 0.1) is 4.90 Å². The normalized spacial score (nSPS) is 22.1. The quantitative estimate of drug-likeness (QED) is 0.879. The molecule has 0 bridgehead atoms. The minimum Gasteiger partial charge on any atom is -0.327 e. The molecule has 4 nitrogen and oxygen atoms in total. The Morgan fingerprint density at radius 3 is 2.39 bits per heavy atom. The van der Waals surface area contributed by atoms with Gasteiger partial charge in [-0.15, -0.1) is 0 Å². The topological polar surface area (TPSA) is 63.4 Å². The van der Waals surface area contributed by atoms with E-state index in [1.54, 1.807) is 0 Å². The van der Waals surface area contributed by atoms with E-state index >= 15 is 0 Å². The van der Waals surface area contributed by atoms with Gasteiger partial charge in [0.25, 0.3) is 0 Å². The first-order valence-corrected chi connectivity index (χ1v) is 7.05. The molecule has 1 saturated heterocycles. The number of benzene rings is 1. The summed E-state index contributed by atoms with van der Waals surface area (Å²) >= 11 is 0. The summed E-state index contributed by atoms with van der Waals surface area (Å²) in [5.41, 5.74) is 5.71. The summed E-state index contributed by atoms with van der Waals surface area (Å²) in [7, 11) is -3.87. The molecule has 1 aromatic carbocycles. The van der Waals surface area contributed by atoms with E-state index in [2.05, 4.69) is 0 Å². The van der Waals surface area contributed by atoms with Crippen molar-refractivity contribution in [3.63, 3.8) is 0 Å². The smallest absolute Gasteiger partial charge is 0.243 e. The van der Waals surface area contributed by atoms with Gasteiger partial charge in [-0.1, -0.05) is 0 Å². The third-order valence-corrected chi connectivity index (χ3v) is 4.74. The van der Waals surface area contributed by atoms with Gasteiger partial charge in [0.15, 0.2) is 0 Å². The van der Waals surface area contributed by atoms with Crippen molar-refractivity contribution < 1.29 is 17.2 Å². The minimum atomic E-state index is -3.87. The number of piperidine rings is 1. The summed E-state index contributed by atoms with van der Waals surface area (Å²) in [6.45, 7) is 0.509. The Hall–Kier alpha value is -1.05. The van der Waals surface area contributed by atoms with E-state index in [1.807, 2.05) is 0 Å². The second-order valence-electron chi connectivity index (χ2n) is 4.37. The summed E-state index contributed by atoms with van der Waals surface area (Å²) in [5.74, 6) is -1.82. The van der Waals surface area contributed by atoms with E-state index in [4.69, 9.17) is 5.73 Å². The van der Waals surface area contributed by atoms with Crippen LogP contribution in [0.2, 0.25) is 0 Å². The fraction of sp³-hybridized carbons (Fsp3) is 0.455. The summed E-state index contributed by atoms with van der Waals surface area (Å²) in [6.07, 6.45) is 1.40. The predicted molar refractivity (Wildman–Crippen MR) is 62.3 cm³/mol. The molecule has 0 amide bonds. The summed E-state index contributed by atoms with van der Waals surface area (Å²) in [4.78, 5) is -0.367. The predicted octanol–water partition coefficient (Wildman–Crippen LogP) is 1.08. The molecule has 1 aliphatic heterocycles. The van der Waals surface area contributed by atoms with Crippen LogP contribution in [0.5, 0.6) is 0 Å². The SMILES string of the molecule is NC1CCCN(S(=O)(=O)c2cc(F)cc(F)c2)C1. The Morgan fingerprint density at radius 1 is 1.22 bits per heavy atom. The van der Waals surface area contributed by atoms with Crippen LogP contribution < -0.4 is 5.73 Å². The Kier molecular flexibility index (Phi) is 3.65. The number of nitrogens with zero attached hydrogens (tertiary/aromatic N) is 1. The molecule has 0 saturated carbocycles. The molecule has 1 aromatic rings. The Labute approximate surface area is 104 Å². The number of halogens is 2. The first-order valence-electron chi connectivity index (χ1n) is 5.61. The molecule has 100 valence electrons. The van der Waals surface area contributed by atoms with Crippen LogP contribution in [0.15, 0.2) is 23.1 Å². The van der Waals surface area contributed by atoms with Gasteiger partial charge in [0.2, 0.25) is 10.0 Å². The van der Waals surface area contributed by atoms with E-state index in [0.29, 0.717) is 19.0 Å². The lowest BCUT2D eigenvalue weighted by Crippen LogP contribution is -2.45. The van der Waals surface area contributed by atoms with Crippen LogP contribution in [0.25, 0.3) is 0 Å². The van der Waals surface area contributed by atoms with Crippen molar-refractivity contribution in [2.24, 2.45) is 5.73 Å². The highest BCUT2D eigenvalue weighted by Crippen LogP contribution is 2.21. The molecule has 7 heteroatoms. The molecule has 1 unspecified atom stereocenters. The van der Waals surface area contributed by atoms with E-state index in [0.717, 1.165) is 18.6 Å². The monoisotopic (exact) mass is 276 g/mol. The van der Waals surface area contributed by atoms with Crippen LogP contribution >= 0.6 is 0 Å². The molecule has 1 aliphatic rings. The van der Waals surface area contributed by atoms with Crippen molar-refractivity contribution in [3.05, 3.63) is 29.8 Å². The zero-order valence-corrected chi connectivity index (χ0v) is 10.5. The summed E-state index contributed by atoms with van der Waals surface area (Å²) in [5, 5.41) is 0. The van der Waals surface area contributed by atoms with Crippen molar-refractivity contribution in [2.75, 3.05) is 13.1 Å². The van der Waals surface area contributed by atoms with Crippen LogP contribution in [-0.4, -0.2) is 31.9 Å². The van der Waals surface area contributed by atoms with E-state index in [1.165, 1.54) is 4.31 Å². The molecule has 2 N–H and O–H groups in total. The number of sulfonamides is 1. The third kappa shape index (κ3) is 2.68. The number of hydrogen-bond acceptors (Lipinski definition) is 3. The van der Waals surface area contributed by atoms with Gasteiger partial charge in [0, 0.05) is 25.2 Å². The average Bonchev–Trinajstić information content (AvgIpc) is 2.27. The molecule has 1 fully saturated rings. The average molecular weight is 276 g/mol. The lowest BCUT2D eigenvalue weighted by Gasteiger charge is -2.29. The third-order valence-electron chi connectivity index (χ3n) is 2.89. The molecule has 18 heavy (non-hydrogen) atoms. The van der Waals surface area contributed by atoms with Crippen molar-refractivity contribution in [1.82, 2.24) is 4.31 Å². The van der Waals surface area contributed by atoms with E-state index in [-0.39, 0.29) is 17.5 Å². The van der Waals surface area contributed by atoms with Gasteiger partial charge in [0.1, 0.15) is 11.6 Å². The highest BCUT2D eigenvalue weighted by molar-refractivity contribution is 7.89. The highest BCUT2D eigenvalue weighted by Gasteiger charge is 2.29. The lowest BCUT2D eigenvalue weighted by molar-refractivity contribution is 0.316. The summed E-state index contributed by atoms with van der Waals surface area (Å²) in [6, 6.07) is 2.05. The van der Waals surface area contributed by atoms with E-state index in [9.17, 15) is 17.2 Å². The lowest BCUT2D eigenvalue weighted by atomic mass is 10.1. The van der Waals surface area contributed by atoms with Crippen LogP contribution in [0.1, 0.15) is 12.8 Å². The van der Waals surface area contributed by atoms with Gasteiger partial charge in [-0.05, 0) is 25.0 Å². The van der Waals surface area contributed by atoms with Crippen molar-refractivity contribution in [2.45, 2.75) is 23.8 Å². The maximum atomic E-state index is 13.1. The van der Waals surface area contributed by atoms with Crippen molar-refractivity contribution >= 4 is 10.0 Å². The number of hydrogen-bond donors (Lipinski definition) is 1. The van der Waals surface area contributed by atoms with Crippen molar-refractivity contribution in [1.29, 1.82) is 0 Å². The Bertz CT molecular complexity index is 528. The molecular formula is C11H14F2N2O2S. The standard InChI is InChI=1S/C11H14F2N2O2S/c12-8-4-9(13)6-11(5-8)18(16,17)15-3-1-2-10(14)7-15/h4-6,10H,1-3,7,14H2. The van der Waals surface area contributed by atoms with Gasteiger partial charge < -0.3 is 5.73 Å². The number of nitrogens with two attached hydrogens (primary N) is 1. The van der Waals surface area contributed by atoms with Gasteiger partial charge >= 0.3 is 0 Å². The van der Waals surface area contributed by atoms with Crippen LogP contribution in [0, 0.1) is 11.6 Å². The van der Waals surface area contributed by atoms with E-state index < -0.39 is 21.7 Å². The Balaban J connectivity index is 2.35. The first kappa shape index (κ1) is 13.4. The molecular weight excluding hydrogens is 262 g/mol. The zero-order chi connectivity index (χ0) is 13.3. The highest BCUT2D eigenvalue weighted by atomic mass is 32.2. The van der Waals surface area contributed by atoms with Crippen molar-refractivity contribution in [3.8, 4) is 0 Å². The maximum absolute atomic E-state index is 13.1. The molecule has 1 heterocycles. The fourth-order valence-electron chi connectivity index (χ4n) is 2.02. The molecule has 0 aliphatic carbocycles. The number of rotatable bonds is 2. The summed E-state index contributed by atoms with van der Waals surface area (Å²) < 4.78 is 51.6. The fourth-order valence-corrected chi connectivity index (χ4v) is 3.60. The van der Waals surface area contributed by atoms with Gasteiger partial charge in [-0.2, -0.15) is 4.31 Å². The Morgan fingerprint density at radius 2 is 1.83 bits per heavy atom. The van der Waals surface area contributed by atoms with Crippen LogP contribution in [0.4, 0.5) is 8.78 Å². The van der Waals surface area contributed by atoms with Crippen LogP contribution in [0.3, 0.4) is 0 Å². The van der Waals surface area contributed by atoms with Gasteiger partial charge in [-0.3, -0.25) is 0 Å². The minimum absolute atomic E-state index is 0.181. The maximum Gasteiger partial charge on any atom is 0.243 e. The molecule has 1 atom stereocenters. The zero-order valence-electron chi connectivity index (χ0n) is 9.64. The largest absolute Gasteiger partial charge is 0.327 e. The van der Waals surface area contributed by atoms with Crippen LogP contribution in [-0.2, 0) is 10.0 Å². The molecule has 0 aromatic heterocycles. The second kappa shape index (κ2) is 4.91. The first-order chi connectivity index (χ1) is 8.39. The second-order valence-corrected chi connectivity index (χ2v) is 6.31.